The van der Waals surface area contributed by atoms with Crippen molar-refractivity contribution in [3.8, 4) is 5.75 Å². The zero-order valence-corrected chi connectivity index (χ0v) is 14.6. The summed E-state index contributed by atoms with van der Waals surface area (Å²) in [5.41, 5.74) is 0.553. The highest BCUT2D eigenvalue weighted by Gasteiger charge is 2.22. The second kappa shape index (κ2) is 7.11. The first-order valence-electron chi connectivity index (χ1n) is 8.86. The number of H-pyrrole nitrogens is 1. The van der Waals surface area contributed by atoms with Crippen molar-refractivity contribution in [2.24, 2.45) is 0 Å². The summed E-state index contributed by atoms with van der Waals surface area (Å²) in [6.45, 7) is 0.735. The van der Waals surface area contributed by atoms with Crippen molar-refractivity contribution in [2.75, 3.05) is 6.61 Å². The van der Waals surface area contributed by atoms with Gasteiger partial charge in [0, 0.05) is 24.9 Å². The molecule has 1 unspecified atom stereocenters. The van der Waals surface area contributed by atoms with Crippen LogP contribution in [0.1, 0.15) is 24.4 Å². The third-order valence-electron chi connectivity index (χ3n) is 4.76. The van der Waals surface area contributed by atoms with Gasteiger partial charge in [0.05, 0.1) is 23.6 Å². The lowest BCUT2D eigenvalue weighted by Crippen LogP contribution is -2.35. The molecule has 27 heavy (non-hydrogen) atoms. The van der Waals surface area contributed by atoms with E-state index in [0.717, 1.165) is 11.3 Å². The van der Waals surface area contributed by atoms with Crippen molar-refractivity contribution in [3.05, 3.63) is 74.9 Å². The SMILES string of the molecule is O=C(CCn1c(=O)[nH]c(=O)c2ccccc21)NC1CCOc2ccccc21. The van der Waals surface area contributed by atoms with Crippen molar-refractivity contribution in [2.45, 2.75) is 25.4 Å². The Bertz CT molecular complexity index is 1120. The molecule has 0 saturated heterocycles. The van der Waals surface area contributed by atoms with E-state index in [2.05, 4.69) is 10.3 Å². The number of aromatic nitrogens is 2. The van der Waals surface area contributed by atoms with E-state index in [1.807, 2.05) is 24.3 Å². The maximum atomic E-state index is 12.5. The van der Waals surface area contributed by atoms with Crippen LogP contribution < -0.4 is 21.3 Å². The van der Waals surface area contributed by atoms with Crippen molar-refractivity contribution >= 4 is 16.8 Å². The fourth-order valence-corrected chi connectivity index (χ4v) is 3.44. The largest absolute Gasteiger partial charge is 0.493 e. The van der Waals surface area contributed by atoms with Crippen LogP contribution in [0.3, 0.4) is 0 Å². The predicted molar refractivity (Wildman–Crippen MR) is 101 cm³/mol. The van der Waals surface area contributed by atoms with Gasteiger partial charge in [-0.3, -0.25) is 19.1 Å². The smallest absolute Gasteiger partial charge is 0.328 e. The van der Waals surface area contributed by atoms with E-state index in [4.69, 9.17) is 4.74 Å². The Balaban J connectivity index is 1.51. The number of nitrogens with zero attached hydrogens (tertiary/aromatic N) is 1. The number of amides is 1. The van der Waals surface area contributed by atoms with Crippen molar-refractivity contribution < 1.29 is 9.53 Å². The first kappa shape index (κ1) is 17.1. The van der Waals surface area contributed by atoms with Crippen LogP contribution in [-0.2, 0) is 11.3 Å². The zero-order valence-electron chi connectivity index (χ0n) is 14.6. The summed E-state index contributed by atoms with van der Waals surface area (Å²) >= 11 is 0. The van der Waals surface area contributed by atoms with Gasteiger partial charge in [-0.2, -0.15) is 0 Å². The summed E-state index contributed by atoms with van der Waals surface area (Å²) < 4.78 is 7.03. The molecule has 0 radical (unpaired) electrons. The lowest BCUT2D eigenvalue weighted by molar-refractivity contribution is -0.122. The topological polar surface area (TPSA) is 93.2 Å². The van der Waals surface area contributed by atoms with Gasteiger partial charge in [0.1, 0.15) is 5.75 Å². The van der Waals surface area contributed by atoms with E-state index < -0.39 is 11.2 Å². The molecule has 0 bridgehead atoms. The van der Waals surface area contributed by atoms with Gasteiger partial charge in [-0.25, -0.2) is 4.79 Å². The van der Waals surface area contributed by atoms with Crippen LogP contribution in [0.4, 0.5) is 0 Å². The molecule has 1 amide bonds. The van der Waals surface area contributed by atoms with Crippen LogP contribution in [-0.4, -0.2) is 22.1 Å². The lowest BCUT2D eigenvalue weighted by Gasteiger charge is -2.26. The molecule has 0 aliphatic carbocycles. The van der Waals surface area contributed by atoms with Crippen LogP contribution in [0.2, 0.25) is 0 Å². The normalized spacial score (nSPS) is 15.8. The van der Waals surface area contributed by atoms with Gasteiger partial charge in [0.25, 0.3) is 5.56 Å². The Kier molecular flexibility index (Phi) is 4.50. The molecule has 2 N–H and O–H groups in total. The Labute approximate surface area is 154 Å². The highest BCUT2D eigenvalue weighted by atomic mass is 16.5. The molecule has 7 nitrogen and oxygen atoms in total. The number of para-hydroxylation sites is 2. The molecule has 3 aromatic rings. The first-order valence-corrected chi connectivity index (χ1v) is 8.86. The van der Waals surface area contributed by atoms with Gasteiger partial charge in [0.2, 0.25) is 5.91 Å². The number of carbonyl (C=O) groups excluding carboxylic acids is 1. The van der Waals surface area contributed by atoms with Gasteiger partial charge in [0.15, 0.2) is 0 Å². The minimum Gasteiger partial charge on any atom is -0.493 e. The summed E-state index contributed by atoms with van der Waals surface area (Å²) in [7, 11) is 0. The number of aromatic amines is 1. The minimum absolute atomic E-state index is 0.105. The monoisotopic (exact) mass is 365 g/mol. The zero-order chi connectivity index (χ0) is 18.8. The van der Waals surface area contributed by atoms with Gasteiger partial charge in [-0.1, -0.05) is 30.3 Å². The van der Waals surface area contributed by atoms with E-state index in [1.165, 1.54) is 4.57 Å². The van der Waals surface area contributed by atoms with E-state index in [9.17, 15) is 14.4 Å². The van der Waals surface area contributed by atoms with Crippen molar-refractivity contribution in [1.82, 2.24) is 14.9 Å². The van der Waals surface area contributed by atoms with Crippen LogP contribution in [0.25, 0.3) is 10.9 Å². The molecule has 0 saturated carbocycles. The van der Waals surface area contributed by atoms with Crippen LogP contribution in [0.15, 0.2) is 58.1 Å². The molecule has 138 valence electrons. The Hall–Kier alpha value is -3.35. The highest BCUT2D eigenvalue weighted by Crippen LogP contribution is 2.31. The Morgan fingerprint density at radius 3 is 2.81 bits per heavy atom. The molecule has 2 heterocycles. The first-order chi connectivity index (χ1) is 13.1. The fourth-order valence-electron chi connectivity index (χ4n) is 3.44. The molecule has 2 aromatic carbocycles. The average Bonchev–Trinajstić information content (AvgIpc) is 2.68. The average molecular weight is 365 g/mol. The van der Waals surface area contributed by atoms with Crippen molar-refractivity contribution in [1.29, 1.82) is 0 Å². The third-order valence-corrected chi connectivity index (χ3v) is 4.76. The molecule has 0 spiro atoms. The molecular formula is C20H19N3O4. The Morgan fingerprint density at radius 1 is 1.15 bits per heavy atom. The number of nitrogens with one attached hydrogen (secondary N) is 2. The summed E-state index contributed by atoms with van der Waals surface area (Å²) in [5.74, 6) is 0.635. The molecule has 1 aliphatic heterocycles. The van der Waals surface area contributed by atoms with Gasteiger partial charge >= 0.3 is 5.69 Å². The van der Waals surface area contributed by atoms with Gasteiger partial charge in [-0.05, 0) is 18.2 Å². The maximum Gasteiger partial charge on any atom is 0.328 e. The minimum atomic E-state index is -0.511. The second-order valence-corrected chi connectivity index (χ2v) is 6.47. The maximum absolute atomic E-state index is 12.5. The molecular weight excluding hydrogens is 346 g/mol. The number of aryl methyl sites for hydroxylation is 1. The standard InChI is InChI=1S/C20H19N3O4/c24-18(21-15-10-12-27-17-8-4-2-5-13(15)17)9-11-23-16-7-3-1-6-14(16)19(25)22-20(23)26/h1-8,15H,9-12H2,(H,21,24)(H,22,25,26). The van der Waals surface area contributed by atoms with Gasteiger partial charge < -0.3 is 10.1 Å². The molecule has 4 rings (SSSR count). The van der Waals surface area contributed by atoms with Gasteiger partial charge in [-0.15, -0.1) is 0 Å². The molecule has 7 heteroatoms. The van der Waals surface area contributed by atoms with Crippen molar-refractivity contribution in [3.63, 3.8) is 0 Å². The van der Waals surface area contributed by atoms with E-state index >= 15 is 0 Å². The number of rotatable bonds is 4. The van der Waals surface area contributed by atoms with Crippen LogP contribution >= 0.6 is 0 Å². The number of benzene rings is 2. The predicted octanol–water partition coefficient (Wildman–Crippen LogP) is 1.72. The molecule has 1 atom stereocenters. The summed E-state index contributed by atoms with van der Waals surface area (Å²) in [6, 6.07) is 14.4. The summed E-state index contributed by atoms with van der Waals surface area (Å²) in [5, 5.41) is 3.44. The van der Waals surface area contributed by atoms with Crippen LogP contribution in [0.5, 0.6) is 5.75 Å². The Morgan fingerprint density at radius 2 is 1.93 bits per heavy atom. The number of hydrogen-bond donors (Lipinski definition) is 2. The summed E-state index contributed by atoms with van der Waals surface area (Å²) in [6.07, 6.45) is 0.833. The van der Waals surface area contributed by atoms with E-state index in [1.54, 1.807) is 24.3 Å². The quantitative estimate of drug-likeness (QED) is 0.736. The number of hydrogen-bond acceptors (Lipinski definition) is 4. The lowest BCUT2D eigenvalue weighted by atomic mass is 10.0. The van der Waals surface area contributed by atoms with E-state index in [0.29, 0.717) is 23.9 Å². The number of ether oxygens (including phenoxy) is 1. The summed E-state index contributed by atoms with van der Waals surface area (Å²) in [4.78, 5) is 38.9. The highest BCUT2D eigenvalue weighted by molar-refractivity contribution is 5.79. The van der Waals surface area contributed by atoms with Crippen LogP contribution in [0, 0.1) is 0 Å². The molecule has 1 aromatic heterocycles. The molecule has 0 fully saturated rings. The third kappa shape index (κ3) is 3.36. The number of fused-ring (bicyclic) bond motifs is 2. The number of carbonyl (C=O) groups is 1. The van der Waals surface area contributed by atoms with E-state index in [-0.39, 0.29) is 24.9 Å². The molecule has 1 aliphatic rings. The fraction of sp³-hybridized carbons (Fsp3) is 0.250. The second-order valence-electron chi connectivity index (χ2n) is 6.47.